The van der Waals surface area contributed by atoms with Gasteiger partial charge in [0, 0.05) is 23.0 Å². The molecule has 1 aliphatic carbocycles. The Morgan fingerprint density at radius 2 is 1.95 bits per heavy atom. The lowest BCUT2D eigenvalue weighted by atomic mass is 9.95. The Balaban J connectivity index is 1.32. The Bertz CT molecular complexity index is 1660. The third-order valence-corrected chi connectivity index (χ3v) is 7.55. The van der Waals surface area contributed by atoms with Crippen molar-refractivity contribution in [1.29, 1.82) is 0 Å². The summed E-state index contributed by atoms with van der Waals surface area (Å²) in [6.45, 7) is 9.85. The van der Waals surface area contributed by atoms with E-state index in [4.69, 9.17) is 4.74 Å². The minimum absolute atomic E-state index is 0.0134. The zero-order chi connectivity index (χ0) is 27.0. The lowest BCUT2D eigenvalue weighted by molar-refractivity contribution is -0.000257. The predicted molar refractivity (Wildman–Crippen MR) is 141 cm³/mol. The third kappa shape index (κ3) is 4.12. The van der Waals surface area contributed by atoms with Gasteiger partial charge in [-0.1, -0.05) is 0 Å². The summed E-state index contributed by atoms with van der Waals surface area (Å²) in [5.41, 5.74) is 2.31. The fraction of sp³-hybridized carbons (Fsp3) is 0.464. The number of likely N-dealkylation sites (tertiary alicyclic amines) is 1. The van der Waals surface area contributed by atoms with Crippen LogP contribution >= 0.6 is 0 Å². The van der Waals surface area contributed by atoms with E-state index in [9.17, 15) is 9.59 Å². The Labute approximate surface area is 219 Å². The normalized spacial score (nSPS) is 18.9. The first kappa shape index (κ1) is 24.5. The van der Waals surface area contributed by atoms with Crippen molar-refractivity contribution < 1.29 is 13.9 Å². The first-order valence-electron chi connectivity index (χ1n) is 13.0. The van der Waals surface area contributed by atoms with Crippen molar-refractivity contribution in [2.24, 2.45) is 0 Å². The molecule has 9 nitrogen and oxygen atoms in total. The fourth-order valence-electron chi connectivity index (χ4n) is 5.64. The van der Waals surface area contributed by atoms with Gasteiger partial charge in [0.2, 0.25) is 0 Å². The molecule has 6 rings (SSSR count). The molecular weight excluding hydrogens is 487 g/mol. The summed E-state index contributed by atoms with van der Waals surface area (Å²) in [7, 11) is 0. The van der Waals surface area contributed by atoms with Crippen LogP contribution in [0.2, 0.25) is 0 Å². The zero-order valence-corrected chi connectivity index (χ0v) is 22.3. The van der Waals surface area contributed by atoms with Crippen molar-refractivity contribution in [2.75, 3.05) is 6.54 Å². The van der Waals surface area contributed by atoms with E-state index in [1.807, 2.05) is 46.9 Å². The molecule has 0 N–H and O–H groups in total. The van der Waals surface area contributed by atoms with Crippen LogP contribution in [0, 0.1) is 19.7 Å². The summed E-state index contributed by atoms with van der Waals surface area (Å²) in [5, 5.41) is 9.50. The van der Waals surface area contributed by atoms with Crippen LogP contribution in [0.15, 0.2) is 35.4 Å². The molecule has 198 valence electrons. The van der Waals surface area contributed by atoms with E-state index in [0.29, 0.717) is 36.0 Å². The standard InChI is InChI=1S/C28H31FN6O3/c1-16-10-22(32-34-15-17(2)31-24(16)34)18-11-19-14-30-35(25(36)23(19)21(29)12-18)20-6-9-33(28(13-20)7-8-28)26(37)38-27(3,4)5/h10-12,14-15,20H,6-9,13H2,1-5H3. The summed E-state index contributed by atoms with van der Waals surface area (Å²) in [6, 6.07) is 4.76. The van der Waals surface area contributed by atoms with Crippen molar-refractivity contribution in [2.45, 2.75) is 77.5 Å². The smallest absolute Gasteiger partial charge is 0.410 e. The number of halogens is 1. The Kier molecular flexibility index (Phi) is 5.38. The van der Waals surface area contributed by atoms with Gasteiger partial charge in [0.25, 0.3) is 5.56 Å². The van der Waals surface area contributed by atoms with E-state index in [2.05, 4.69) is 15.2 Å². The highest BCUT2D eigenvalue weighted by atomic mass is 19.1. The van der Waals surface area contributed by atoms with Gasteiger partial charge in [-0.05, 0) is 84.1 Å². The van der Waals surface area contributed by atoms with Gasteiger partial charge in [-0.25, -0.2) is 23.4 Å². The van der Waals surface area contributed by atoms with Crippen LogP contribution in [0.4, 0.5) is 9.18 Å². The molecule has 2 aliphatic rings. The average molecular weight is 519 g/mol. The molecule has 1 amide bonds. The van der Waals surface area contributed by atoms with E-state index in [0.717, 1.165) is 29.7 Å². The third-order valence-electron chi connectivity index (χ3n) is 7.55. The summed E-state index contributed by atoms with van der Waals surface area (Å²) < 4.78 is 24.2. The minimum Gasteiger partial charge on any atom is -0.444 e. The SMILES string of the molecule is Cc1cn2nc(-c3cc(F)c4c(=O)n(C5CCN(C(=O)OC(C)(C)C)C6(CC6)C5)ncc4c3)cc(C)c2n1. The maximum absolute atomic E-state index is 15.5. The van der Waals surface area contributed by atoms with Crippen LogP contribution in [0.25, 0.3) is 27.7 Å². The zero-order valence-electron chi connectivity index (χ0n) is 22.3. The number of aryl methyl sites for hydroxylation is 2. The molecule has 0 bridgehead atoms. The van der Waals surface area contributed by atoms with Gasteiger partial charge in [-0.3, -0.25) is 4.79 Å². The molecule has 3 aromatic heterocycles. The second-order valence-electron chi connectivity index (χ2n) is 11.7. The number of rotatable bonds is 2. The van der Waals surface area contributed by atoms with Gasteiger partial charge in [0.1, 0.15) is 11.4 Å². The van der Waals surface area contributed by atoms with Crippen LogP contribution in [-0.4, -0.2) is 53.1 Å². The summed E-state index contributed by atoms with van der Waals surface area (Å²) in [6.07, 6.45) is 5.91. The number of hydrogen-bond acceptors (Lipinski definition) is 6. The Hall–Kier alpha value is -3.82. The van der Waals surface area contributed by atoms with Gasteiger partial charge in [0.15, 0.2) is 5.65 Å². The number of aromatic nitrogens is 5. The van der Waals surface area contributed by atoms with E-state index >= 15 is 4.39 Å². The van der Waals surface area contributed by atoms with Gasteiger partial charge >= 0.3 is 6.09 Å². The van der Waals surface area contributed by atoms with Crippen LogP contribution in [0.1, 0.15) is 63.8 Å². The number of imidazole rings is 1. The predicted octanol–water partition coefficient (Wildman–Crippen LogP) is 4.97. The molecule has 2 fully saturated rings. The molecule has 0 radical (unpaired) electrons. The Morgan fingerprint density at radius 3 is 2.66 bits per heavy atom. The van der Waals surface area contributed by atoms with Crippen LogP contribution in [0.3, 0.4) is 0 Å². The van der Waals surface area contributed by atoms with E-state index in [1.54, 1.807) is 21.7 Å². The highest BCUT2D eigenvalue weighted by Gasteiger charge is 2.55. The molecule has 1 aliphatic heterocycles. The number of fused-ring (bicyclic) bond motifs is 2. The van der Waals surface area contributed by atoms with Crippen molar-refractivity contribution in [3.05, 3.63) is 58.0 Å². The van der Waals surface area contributed by atoms with Crippen molar-refractivity contribution in [3.8, 4) is 11.3 Å². The van der Waals surface area contributed by atoms with E-state index < -0.39 is 17.0 Å². The van der Waals surface area contributed by atoms with Crippen molar-refractivity contribution >= 4 is 22.5 Å². The van der Waals surface area contributed by atoms with Crippen LogP contribution in [-0.2, 0) is 4.74 Å². The molecule has 38 heavy (non-hydrogen) atoms. The molecule has 1 unspecified atom stereocenters. The molecule has 1 atom stereocenters. The molecule has 1 aromatic carbocycles. The second-order valence-corrected chi connectivity index (χ2v) is 11.7. The highest BCUT2D eigenvalue weighted by molar-refractivity contribution is 5.86. The first-order chi connectivity index (χ1) is 17.9. The van der Waals surface area contributed by atoms with Crippen LogP contribution in [0.5, 0.6) is 0 Å². The second kappa shape index (κ2) is 8.34. The largest absolute Gasteiger partial charge is 0.444 e. The molecule has 1 spiro atoms. The monoisotopic (exact) mass is 518 g/mol. The molecule has 1 saturated heterocycles. The lowest BCUT2D eigenvalue weighted by Crippen LogP contribution is -2.51. The lowest BCUT2D eigenvalue weighted by Gasteiger charge is -2.40. The summed E-state index contributed by atoms with van der Waals surface area (Å²) in [5.74, 6) is -0.604. The molecule has 1 saturated carbocycles. The number of carbonyl (C=O) groups excluding carboxylic acids is 1. The van der Waals surface area contributed by atoms with Gasteiger partial charge in [-0.15, -0.1) is 0 Å². The number of piperidine rings is 1. The molecule has 4 aromatic rings. The molecule has 10 heteroatoms. The minimum atomic E-state index is -0.604. The number of benzene rings is 1. The topological polar surface area (TPSA) is 94.6 Å². The number of nitrogens with zero attached hydrogens (tertiary/aromatic N) is 6. The van der Waals surface area contributed by atoms with Crippen LogP contribution < -0.4 is 5.56 Å². The van der Waals surface area contributed by atoms with Crippen molar-refractivity contribution in [3.63, 3.8) is 0 Å². The van der Waals surface area contributed by atoms with E-state index in [-0.39, 0.29) is 23.1 Å². The molecular formula is C28H31FN6O3. The quantitative estimate of drug-likeness (QED) is 0.372. The molecule has 4 heterocycles. The first-order valence-corrected chi connectivity index (χ1v) is 13.0. The highest BCUT2D eigenvalue weighted by Crippen LogP contribution is 2.51. The van der Waals surface area contributed by atoms with Gasteiger partial charge in [-0.2, -0.15) is 10.2 Å². The maximum atomic E-state index is 15.5. The number of amides is 1. The fourth-order valence-corrected chi connectivity index (χ4v) is 5.64. The van der Waals surface area contributed by atoms with E-state index in [1.165, 1.54) is 10.7 Å². The average Bonchev–Trinajstić information content (AvgIpc) is 3.46. The van der Waals surface area contributed by atoms with Crippen molar-refractivity contribution in [1.82, 2.24) is 29.3 Å². The summed E-state index contributed by atoms with van der Waals surface area (Å²) >= 11 is 0. The number of ether oxygens (including phenoxy) is 1. The Morgan fingerprint density at radius 1 is 1.18 bits per heavy atom. The van der Waals surface area contributed by atoms with Gasteiger partial charge < -0.3 is 9.64 Å². The van der Waals surface area contributed by atoms with Gasteiger partial charge in [0.05, 0.1) is 35.2 Å². The summed E-state index contributed by atoms with van der Waals surface area (Å²) in [4.78, 5) is 32.6. The maximum Gasteiger partial charge on any atom is 0.410 e. The number of hydrogen-bond donors (Lipinski definition) is 0. The number of carbonyl (C=O) groups is 1.